The Morgan fingerprint density at radius 1 is 1.31 bits per heavy atom. The second-order valence-electron chi connectivity index (χ2n) is 6.95. The lowest BCUT2D eigenvalue weighted by Gasteiger charge is -2.30. The first-order chi connectivity index (χ1) is 12.8. The van der Waals surface area contributed by atoms with Crippen molar-refractivity contribution in [2.24, 2.45) is 5.92 Å². The number of hydrogen-bond donors (Lipinski definition) is 1. The van der Waals surface area contributed by atoms with Crippen molar-refractivity contribution in [3.05, 3.63) is 36.2 Å². The second kappa shape index (κ2) is 9.48. The van der Waals surface area contributed by atoms with Crippen molar-refractivity contribution in [2.75, 3.05) is 19.6 Å². The normalized spacial score (nSPS) is 18.0. The van der Waals surface area contributed by atoms with Crippen molar-refractivity contribution >= 4 is 5.91 Å². The summed E-state index contributed by atoms with van der Waals surface area (Å²) < 4.78 is 5.41. The molecule has 6 nitrogen and oxygen atoms in total. The van der Waals surface area contributed by atoms with E-state index >= 15 is 0 Å². The van der Waals surface area contributed by atoms with Gasteiger partial charge in [0.25, 0.3) is 0 Å². The summed E-state index contributed by atoms with van der Waals surface area (Å²) in [5.41, 5.74) is 0.950. The van der Waals surface area contributed by atoms with Crippen LogP contribution in [0, 0.1) is 5.92 Å². The highest BCUT2D eigenvalue weighted by Gasteiger charge is 2.26. The Morgan fingerprint density at radius 2 is 2.15 bits per heavy atom. The van der Waals surface area contributed by atoms with E-state index in [0.717, 1.165) is 50.9 Å². The molecule has 1 aromatic carbocycles. The lowest BCUT2D eigenvalue weighted by molar-refractivity contribution is -0.126. The van der Waals surface area contributed by atoms with E-state index in [1.165, 1.54) is 6.42 Å². The molecular weight excluding hydrogens is 328 g/mol. The van der Waals surface area contributed by atoms with Gasteiger partial charge in [0.05, 0.1) is 12.5 Å². The van der Waals surface area contributed by atoms with Gasteiger partial charge >= 0.3 is 0 Å². The monoisotopic (exact) mass is 356 g/mol. The van der Waals surface area contributed by atoms with E-state index < -0.39 is 0 Å². The molecule has 1 aliphatic rings. The van der Waals surface area contributed by atoms with Gasteiger partial charge in [-0.1, -0.05) is 55.3 Å². The highest BCUT2D eigenvalue weighted by atomic mass is 16.5. The first-order valence-electron chi connectivity index (χ1n) is 9.64. The maximum absolute atomic E-state index is 12.4. The third-order valence-electron chi connectivity index (χ3n) is 4.81. The van der Waals surface area contributed by atoms with E-state index in [0.29, 0.717) is 18.3 Å². The molecule has 1 fully saturated rings. The fraction of sp³-hybridized carbons (Fsp3) is 0.550. The van der Waals surface area contributed by atoms with Crippen molar-refractivity contribution in [3.8, 4) is 11.4 Å². The first kappa shape index (κ1) is 18.6. The number of piperidine rings is 1. The molecule has 0 bridgehead atoms. The molecule has 1 unspecified atom stereocenters. The van der Waals surface area contributed by atoms with Crippen LogP contribution >= 0.6 is 0 Å². The number of rotatable bonds is 8. The van der Waals surface area contributed by atoms with Crippen LogP contribution in [0.4, 0.5) is 0 Å². The quantitative estimate of drug-likeness (QED) is 0.735. The molecule has 26 heavy (non-hydrogen) atoms. The number of carbonyl (C=O) groups is 1. The fourth-order valence-electron chi connectivity index (χ4n) is 3.36. The average Bonchev–Trinajstić information content (AvgIpc) is 3.14. The van der Waals surface area contributed by atoms with Gasteiger partial charge in [0.2, 0.25) is 17.6 Å². The van der Waals surface area contributed by atoms with Crippen LogP contribution in [-0.4, -0.2) is 40.6 Å². The number of amides is 1. The van der Waals surface area contributed by atoms with Gasteiger partial charge in [-0.2, -0.15) is 4.98 Å². The van der Waals surface area contributed by atoms with Gasteiger partial charge in [-0.05, 0) is 25.8 Å². The number of likely N-dealkylation sites (tertiary alicyclic amines) is 1. The molecule has 2 heterocycles. The minimum atomic E-state index is 0.0573. The molecule has 6 heteroatoms. The number of nitrogens with one attached hydrogen (secondary N) is 1. The maximum atomic E-state index is 12.4. The summed E-state index contributed by atoms with van der Waals surface area (Å²) in [5, 5.41) is 7.15. The van der Waals surface area contributed by atoms with E-state index in [1.54, 1.807) is 0 Å². The third kappa shape index (κ3) is 5.14. The summed E-state index contributed by atoms with van der Waals surface area (Å²) >= 11 is 0. The Labute approximate surface area is 155 Å². The molecule has 140 valence electrons. The Balaban J connectivity index is 1.51. The molecule has 1 aliphatic heterocycles. The van der Waals surface area contributed by atoms with Crippen LogP contribution in [0.25, 0.3) is 11.4 Å². The molecule has 1 atom stereocenters. The van der Waals surface area contributed by atoms with Crippen LogP contribution in [-0.2, 0) is 11.3 Å². The lowest BCUT2D eigenvalue weighted by Crippen LogP contribution is -2.42. The minimum Gasteiger partial charge on any atom is -0.356 e. The Hall–Kier alpha value is -2.21. The second-order valence-corrected chi connectivity index (χ2v) is 6.95. The zero-order valence-electron chi connectivity index (χ0n) is 15.5. The van der Waals surface area contributed by atoms with Crippen molar-refractivity contribution in [1.82, 2.24) is 20.4 Å². The topological polar surface area (TPSA) is 71.3 Å². The van der Waals surface area contributed by atoms with Gasteiger partial charge in [0, 0.05) is 18.7 Å². The SMILES string of the molecule is CCCCCNC(=O)C1CCCN(Cc2nc(-c3ccccc3)no2)C1. The summed E-state index contributed by atoms with van der Waals surface area (Å²) in [4.78, 5) is 19.1. The zero-order chi connectivity index (χ0) is 18.2. The van der Waals surface area contributed by atoms with Crippen LogP contribution in [0.3, 0.4) is 0 Å². The molecule has 0 radical (unpaired) electrons. The molecule has 3 rings (SSSR count). The first-order valence-corrected chi connectivity index (χ1v) is 9.64. The summed E-state index contributed by atoms with van der Waals surface area (Å²) in [6.45, 7) is 5.26. The molecular formula is C20H28N4O2. The number of unbranched alkanes of at least 4 members (excludes halogenated alkanes) is 2. The van der Waals surface area contributed by atoms with Crippen molar-refractivity contribution in [3.63, 3.8) is 0 Å². The van der Waals surface area contributed by atoms with Crippen molar-refractivity contribution in [2.45, 2.75) is 45.6 Å². The molecule has 0 aliphatic carbocycles. The third-order valence-corrected chi connectivity index (χ3v) is 4.81. The number of aromatic nitrogens is 2. The molecule has 0 spiro atoms. The molecule has 1 amide bonds. The largest absolute Gasteiger partial charge is 0.356 e. The smallest absolute Gasteiger partial charge is 0.241 e. The Bertz CT molecular complexity index is 686. The summed E-state index contributed by atoms with van der Waals surface area (Å²) in [5.74, 6) is 1.46. The predicted molar refractivity (Wildman–Crippen MR) is 100 cm³/mol. The Kier molecular flexibility index (Phi) is 6.77. The van der Waals surface area contributed by atoms with E-state index in [2.05, 4.69) is 27.3 Å². The van der Waals surface area contributed by atoms with E-state index in [4.69, 9.17) is 4.52 Å². The molecule has 1 saturated heterocycles. The molecule has 2 aromatic rings. The minimum absolute atomic E-state index is 0.0573. The van der Waals surface area contributed by atoms with Gasteiger partial charge in [0.1, 0.15) is 0 Å². The molecule has 1 aromatic heterocycles. The van der Waals surface area contributed by atoms with Gasteiger partial charge < -0.3 is 9.84 Å². The van der Waals surface area contributed by atoms with Crippen molar-refractivity contribution < 1.29 is 9.32 Å². The van der Waals surface area contributed by atoms with E-state index in [9.17, 15) is 4.79 Å². The lowest BCUT2D eigenvalue weighted by atomic mass is 9.97. The fourth-order valence-corrected chi connectivity index (χ4v) is 3.36. The average molecular weight is 356 g/mol. The number of benzene rings is 1. The van der Waals surface area contributed by atoms with Crippen molar-refractivity contribution in [1.29, 1.82) is 0 Å². The predicted octanol–water partition coefficient (Wildman–Crippen LogP) is 3.26. The summed E-state index contributed by atoms with van der Waals surface area (Å²) in [7, 11) is 0. The Morgan fingerprint density at radius 3 is 2.96 bits per heavy atom. The maximum Gasteiger partial charge on any atom is 0.241 e. The standard InChI is InChI=1S/C20H28N4O2/c1-2-3-7-12-21-20(25)17-11-8-13-24(14-17)15-18-22-19(23-26-18)16-9-5-4-6-10-16/h4-6,9-10,17H,2-3,7-8,11-15H2,1H3,(H,21,25). The zero-order valence-corrected chi connectivity index (χ0v) is 15.5. The highest BCUT2D eigenvalue weighted by molar-refractivity contribution is 5.78. The van der Waals surface area contributed by atoms with Gasteiger partial charge in [0.15, 0.2) is 0 Å². The van der Waals surface area contributed by atoms with Gasteiger partial charge in [-0.25, -0.2) is 0 Å². The van der Waals surface area contributed by atoms with Crippen LogP contribution in [0.5, 0.6) is 0 Å². The van der Waals surface area contributed by atoms with Crippen LogP contribution in [0.15, 0.2) is 34.9 Å². The summed E-state index contributed by atoms with van der Waals surface area (Å²) in [6.07, 6.45) is 5.37. The van der Waals surface area contributed by atoms with Crippen LogP contribution in [0.2, 0.25) is 0 Å². The number of hydrogen-bond acceptors (Lipinski definition) is 5. The van der Waals surface area contributed by atoms with E-state index in [-0.39, 0.29) is 11.8 Å². The van der Waals surface area contributed by atoms with Crippen LogP contribution < -0.4 is 5.32 Å². The molecule has 1 N–H and O–H groups in total. The van der Waals surface area contributed by atoms with E-state index in [1.807, 2.05) is 30.3 Å². The molecule has 0 saturated carbocycles. The van der Waals surface area contributed by atoms with Gasteiger partial charge in [-0.3, -0.25) is 9.69 Å². The number of nitrogens with zero attached hydrogens (tertiary/aromatic N) is 3. The highest BCUT2D eigenvalue weighted by Crippen LogP contribution is 2.20. The van der Waals surface area contributed by atoms with Gasteiger partial charge in [-0.15, -0.1) is 0 Å². The van der Waals surface area contributed by atoms with Crippen LogP contribution in [0.1, 0.15) is 44.9 Å². The summed E-state index contributed by atoms with van der Waals surface area (Å²) in [6, 6.07) is 9.81. The number of carbonyl (C=O) groups excluding carboxylic acids is 1.